The maximum atomic E-state index is 13.3. The quantitative estimate of drug-likeness (QED) is 0.729. The van der Waals surface area contributed by atoms with Gasteiger partial charge in [0.05, 0.1) is 20.3 Å². The summed E-state index contributed by atoms with van der Waals surface area (Å²) in [7, 11) is 3.35. The minimum Gasteiger partial charge on any atom is -0.497 e. The van der Waals surface area contributed by atoms with E-state index in [0.717, 1.165) is 36.5 Å². The van der Waals surface area contributed by atoms with Gasteiger partial charge < -0.3 is 14.2 Å². The van der Waals surface area contributed by atoms with Crippen LogP contribution in [0.4, 0.5) is 0 Å². The number of fused-ring (bicyclic) bond motifs is 1. The lowest BCUT2D eigenvalue weighted by Crippen LogP contribution is -2.50. The summed E-state index contributed by atoms with van der Waals surface area (Å²) < 4.78 is 16.7. The predicted molar refractivity (Wildman–Crippen MR) is 115 cm³/mol. The van der Waals surface area contributed by atoms with Gasteiger partial charge in [-0.05, 0) is 42.9 Å². The summed E-state index contributed by atoms with van der Waals surface area (Å²) in [6, 6.07) is 0. The van der Waals surface area contributed by atoms with Gasteiger partial charge in [0.15, 0.2) is 5.76 Å². The average molecular weight is 411 g/mol. The second-order valence-electron chi connectivity index (χ2n) is 7.82. The molecule has 0 radical (unpaired) electrons. The van der Waals surface area contributed by atoms with Crippen molar-refractivity contribution in [2.75, 3.05) is 27.4 Å². The zero-order chi connectivity index (χ0) is 21.1. The molecule has 4 unspecified atom stereocenters. The van der Waals surface area contributed by atoms with Crippen molar-refractivity contribution in [3.8, 4) is 0 Å². The van der Waals surface area contributed by atoms with Crippen molar-refractivity contribution in [1.29, 1.82) is 0 Å². The number of hydrogen-bond acceptors (Lipinski definition) is 5. The maximum Gasteiger partial charge on any atom is 0.257 e. The molecule has 1 N–H and O–H groups in total. The molecule has 2 aliphatic heterocycles. The monoisotopic (exact) mass is 410 g/mol. The van der Waals surface area contributed by atoms with Gasteiger partial charge in [-0.15, -0.1) is 0 Å². The Kier molecular flexibility index (Phi) is 6.25. The Labute approximate surface area is 178 Å². The van der Waals surface area contributed by atoms with Gasteiger partial charge in [0, 0.05) is 31.3 Å². The Morgan fingerprint density at radius 3 is 2.87 bits per heavy atom. The van der Waals surface area contributed by atoms with Crippen molar-refractivity contribution in [3.05, 3.63) is 71.4 Å². The molecule has 4 atom stereocenters. The highest BCUT2D eigenvalue weighted by molar-refractivity contribution is 5.96. The van der Waals surface area contributed by atoms with Crippen LogP contribution in [0.2, 0.25) is 0 Å². The predicted octanol–water partition coefficient (Wildman–Crippen LogP) is 3.19. The van der Waals surface area contributed by atoms with Crippen LogP contribution >= 0.6 is 0 Å². The molecule has 2 aliphatic carbocycles. The Bertz CT molecular complexity index is 864. The molecule has 0 saturated carbocycles. The zero-order valence-corrected chi connectivity index (χ0v) is 17.8. The van der Waals surface area contributed by atoms with E-state index in [1.807, 2.05) is 43.5 Å². The van der Waals surface area contributed by atoms with E-state index in [2.05, 4.69) is 17.5 Å². The van der Waals surface area contributed by atoms with E-state index in [0.29, 0.717) is 24.0 Å². The highest BCUT2D eigenvalue weighted by Crippen LogP contribution is 2.35. The Morgan fingerprint density at radius 2 is 2.10 bits per heavy atom. The van der Waals surface area contributed by atoms with E-state index in [4.69, 9.17) is 14.2 Å². The molecule has 0 saturated heterocycles. The number of carbonyl (C=O) groups excluding carboxylic acids is 1. The highest BCUT2D eigenvalue weighted by Gasteiger charge is 2.37. The van der Waals surface area contributed by atoms with E-state index in [1.165, 1.54) is 0 Å². The summed E-state index contributed by atoms with van der Waals surface area (Å²) in [4.78, 5) is 15.0. The fraction of sp³-hybridized carbons (Fsp3) is 0.458. The number of hydrogen-bond donors (Lipinski definition) is 1. The van der Waals surface area contributed by atoms with Crippen LogP contribution < -0.4 is 5.32 Å². The fourth-order valence-electron chi connectivity index (χ4n) is 4.55. The molecule has 2 heterocycles. The van der Waals surface area contributed by atoms with Crippen molar-refractivity contribution >= 4 is 5.91 Å². The third-order valence-corrected chi connectivity index (χ3v) is 6.14. The number of ether oxygens (including phenoxy) is 3. The Balaban J connectivity index is 1.47. The van der Waals surface area contributed by atoms with Gasteiger partial charge in [-0.1, -0.05) is 30.4 Å². The first-order chi connectivity index (χ1) is 14.7. The largest absolute Gasteiger partial charge is 0.497 e. The summed E-state index contributed by atoms with van der Waals surface area (Å²) in [5, 5.41) is 3.57. The second-order valence-corrected chi connectivity index (χ2v) is 7.82. The van der Waals surface area contributed by atoms with Crippen LogP contribution in [-0.2, 0) is 19.0 Å². The number of nitrogens with zero attached hydrogens (tertiary/aromatic N) is 1. The number of methoxy groups -OCH3 is 2. The van der Waals surface area contributed by atoms with Crippen molar-refractivity contribution < 1.29 is 19.0 Å². The van der Waals surface area contributed by atoms with E-state index in [-0.39, 0.29) is 18.2 Å². The lowest BCUT2D eigenvalue weighted by atomic mass is 9.82. The van der Waals surface area contributed by atoms with Crippen molar-refractivity contribution in [1.82, 2.24) is 10.2 Å². The summed E-state index contributed by atoms with van der Waals surface area (Å²) in [6.45, 7) is 3.34. The third-order valence-electron chi connectivity index (χ3n) is 6.14. The first-order valence-corrected chi connectivity index (χ1v) is 10.6. The second kappa shape index (κ2) is 9.06. The van der Waals surface area contributed by atoms with Gasteiger partial charge in [0.1, 0.15) is 11.9 Å². The van der Waals surface area contributed by atoms with Gasteiger partial charge in [-0.3, -0.25) is 15.0 Å². The van der Waals surface area contributed by atoms with Gasteiger partial charge in [-0.25, -0.2) is 0 Å². The van der Waals surface area contributed by atoms with E-state index < -0.39 is 0 Å². The maximum absolute atomic E-state index is 13.3. The normalized spacial score (nSPS) is 30.2. The molecule has 0 fully saturated rings. The van der Waals surface area contributed by atoms with Crippen LogP contribution in [0.5, 0.6) is 0 Å². The van der Waals surface area contributed by atoms with E-state index in [9.17, 15) is 4.79 Å². The molecule has 0 aromatic carbocycles. The minimum atomic E-state index is -0.174. The molecule has 0 spiro atoms. The van der Waals surface area contributed by atoms with Crippen LogP contribution in [0.25, 0.3) is 0 Å². The number of nitrogens with one attached hydrogen (secondary N) is 1. The third kappa shape index (κ3) is 3.89. The van der Waals surface area contributed by atoms with Gasteiger partial charge in [0.2, 0.25) is 0 Å². The fourth-order valence-corrected chi connectivity index (χ4v) is 4.55. The molecule has 30 heavy (non-hydrogen) atoms. The number of amides is 1. The topological polar surface area (TPSA) is 60.0 Å². The van der Waals surface area contributed by atoms with Crippen molar-refractivity contribution in [3.63, 3.8) is 0 Å². The summed E-state index contributed by atoms with van der Waals surface area (Å²) in [6.07, 6.45) is 17.5. The lowest BCUT2D eigenvalue weighted by molar-refractivity contribution is -0.127. The van der Waals surface area contributed by atoms with Crippen molar-refractivity contribution in [2.45, 2.75) is 32.0 Å². The van der Waals surface area contributed by atoms with Gasteiger partial charge >= 0.3 is 0 Å². The van der Waals surface area contributed by atoms with Crippen LogP contribution in [0, 0.1) is 11.8 Å². The Morgan fingerprint density at radius 1 is 1.23 bits per heavy atom. The zero-order valence-electron chi connectivity index (χ0n) is 17.8. The van der Waals surface area contributed by atoms with Gasteiger partial charge in [0.25, 0.3) is 5.91 Å². The summed E-state index contributed by atoms with van der Waals surface area (Å²) >= 11 is 0. The first-order valence-electron chi connectivity index (χ1n) is 10.6. The number of allylic oxidation sites excluding steroid dienone is 5. The van der Waals surface area contributed by atoms with Crippen LogP contribution in [0.1, 0.15) is 19.8 Å². The molecule has 4 rings (SSSR count). The summed E-state index contributed by atoms with van der Waals surface area (Å²) in [5.74, 6) is 2.32. The molecular weight excluding hydrogens is 380 g/mol. The molecule has 0 bridgehead atoms. The van der Waals surface area contributed by atoms with Crippen LogP contribution in [-0.4, -0.2) is 50.4 Å². The first kappa shape index (κ1) is 20.7. The average Bonchev–Trinajstić information content (AvgIpc) is 3.22. The highest BCUT2D eigenvalue weighted by atomic mass is 16.5. The van der Waals surface area contributed by atoms with E-state index >= 15 is 0 Å². The molecule has 6 nitrogen and oxygen atoms in total. The molecule has 0 aromatic rings. The molecule has 160 valence electrons. The number of rotatable bonds is 6. The van der Waals surface area contributed by atoms with Gasteiger partial charge in [-0.2, -0.15) is 0 Å². The molecular formula is C24H30N2O4. The van der Waals surface area contributed by atoms with Crippen molar-refractivity contribution in [2.24, 2.45) is 11.8 Å². The molecule has 6 heteroatoms. The smallest absolute Gasteiger partial charge is 0.257 e. The minimum absolute atomic E-state index is 0.000279. The van der Waals surface area contributed by atoms with Crippen LogP contribution in [0.15, 0.2) is 71.4 Å². The Hall–Kier alpha value is -2.57. The standard InChI is InChI=1S/C24H30N2O4/c1-4-30-20-8-6-5-7-19(20)24(27)26-12-11-17-13-18(15-25-23(17)26)16-9-10-21(28-2)22(14-16)29-3/h5-7,9-13,16,18,20,23,25H,4,8,14-15H2,1-3H3. The SMILES string of the molecule is CCOC1CC=CC=C1C(=O)N1C=CC2=CC(C3C=CC(OC)=C(OC)C3)CNC21. The molecule has 0 aromatic heterocycles. The van der Waals surface area contributed by atoms with E-state index in [1.54, 1.807) is 19.1 Å². The molecule has 4 aliphatic rings. The lowest BCUT2D eigenvalue weighted by Gasteiger charge is -2.35. The molecule has 1 amide bonds. The summed E-state index contributed by atoms with van der Waals surface area (Å²) in [5.41, 5.74) is 1.85. The van der Waals surface area contributed by atoms with Crippen LogP contribution in [0.3, 0.4) is 0 Å². The number of carbonyl (C=O) groups is 1.